The average molecular weight is 452 g/mol. The van der Waals surface area contributed by atoms with E-state index >= 15 is 0 Å². The number of allylic oxidation sites excluding steroid dienone is 1. The molecule has 0 saturated carbocycles. The number of fused-ring (bicyclic) bond motifs is 3. The van der Waals surface area contributed by atoms with Gasteiger partial charge in [0.2, 0.25) is 0 Å². The number of hydrogen-bond donors (Lipinski definition) is 0. The number of benzene rings is 1. The molecule has 1 aromatic heterocycles. The van der Waals surface area contributed by atoms with E-state index in [2.05, 4.69) is 4.90 Å². The Kier molecular flexibility index (Phi) is 8.21. The Morgan fingerprint density at radius 2 is 2.19 bits per heavy atom. The van der Waals surface area contributed by atoms with Crippen molar-refractivity contribution in [1.29, 1.82) is 0 Å². The molecule has 3 rings (SSSR count). The number of thiocarbonyl (C=S) groups is 1. The SMILES string of the molecule is CCC(=S)/C=C1\Sc2cc(OC)c3ccsc3c2N1CCCS(=O)(=O)[O-].[Na+]. The van der Waals surface area contributed by atoms with Gasteiger partial charge in [-0.1, -0.05) is 30.9 Å². The van der Waals surface area contributed by atoms with Crippen molar-refractivity contribution in [3.63, 3.8) is 0 Å². The Morgan fingerprint density at radius 3 is 2.81 bits per heavy atom. The van der Waals surface area contributed by atoms with Crippen LogP contribution >= 0.6 is 35.3 Å². The van der Waals surface area contributed by atoms with Crippen LogP contribution in [-0.4, -0.2) is 37.2 Å². The van der Waals surface area contributed by atoms with Gasteiger partial charge in [-0.15, -0.1) is 11.3 Å². The molecule has 0 saturated heterocycles. The van der Waals surface area contributed by atoms with E-state index in [9.17, 15) is 13.0 Å². The van der Waals surface area contributed by atoms with Crippen LogP contribution in [0, 0.1) is 0 Å². The number of thioether (sulfide) groups is 1. The Balaban J connectivity index is 0.00000261. The first-order valence-electron chi connectivity index (χ1n) is 8.05. The standard InChI is InChI=1S/C17H19NO4S4.Na/c1-3-11(23)9-15-18(6-4-8-26(19,20)21)16-14(25-15)10-13(22-2)12-5-7-24-17(12)16;/h5,7,9-10H,3-4,6,8H2,1-2H3,(H,19,20,21);/q;+1/p-1/b15-9-;. The average Bonchev–Trinajstić information content (AvgIpc) is 3.17. The molecule has 1 aliphatic heterocycles. The molecule has 10 heteroatoms. The van der Waals surface area contributed by atoms with E-state index in [1.165, 1.54) is 0 Å². The van der Waals surface area contributed by atoms with Gasteiger partial charge in [0.05, 0.1) is 32.6 Å². The number of anilines is 1. The van der Waals surface area contributed by atoms with E-state index < -0.39 is 10.1 Å². The molecule has 0 unspecified atom stereocenters. The molecule has 0 fully saturated rings. The summed E-state index contributed by atoms with van der Waals surface area (Å²) in [5.41, 5.74) is 1.04. The van der Waals surface area contributed by atoms with E-state index in [1.807, 2.05) is 30.5 Å². The Bertz CT molecular complexity index is 984. The van der Waals surface area contributed by atoms with Gasteiger partial charge in [-0.05, 0) is 36.4 Å². The monoisotopic (exact) mass is 451 g/mol. The summed E-state index contributed by atoms with van der Waals surface area (Å²) in [7, 11) is -2.58. The number of rotatable bonds is 7. The third-order valence-electron chi connectivity index (χ3n) is 4.02. The van der Waals surface area contributed by atoms with Crippen LogP contribution < -0.4 is 39.2 Å². The van der Waals surface area contributed by atoms with Gasteiger partial charge in [-0.2, -0.15) is 0 Å². The number of methoxy groups -OCH3 is 1. The molecular formula is C17H18NNaO4S4. The molecular weight excluding hydrogens is 433 g/mol. The summed E-state index contributed by atoms with van der Waals surface area (Å²) >= 11 is 8.58. The van der Waals surface area contributed by atoms with E-state index in [-0.39, 0.29) is 41.7 Å². The summed E-state index contributed by atoms with van der Waals surface area (Å²) in [6, 6.07) is 4.02. The minimum Gasteiger partial charge on any atom is -0.748 e. The molecule has 0 radical (unpaired) electrons. The fraction of sp³-hybridized carbons (Fsp3) is 0.353. The van der Waals surface area contributed by atoms with Gasteiger partial charge < -0.3 is 14.2 Å². The fourth-order valence-corrected chi connectivity index (χ4v) is 5.71. The van der Waals surface area contributed by atoms with Crippen LogP contribution in [0.5, 0.6) is 5.75 Å². The Hall–Kier alpha value is -0.130. The normalized spacial score (nSPS) is 15.1. The topological polar surface area (TPSA) is 69.7 Å². The minimum atomic E-state index is -4.23. The van der Waals surface area contributed by atoms with Gasteiger partial charge >= 0.3 is 29.6 Å². The molecule has 1 aliphatic rings. The molecule has 0 spiro atoms. The van der Waals surface area contributed by atoms with Crippen molar-refractivity contribution in [2.75, 3.05) is 24.3 Å². The largest absolute Gasteiger partial charge is 1.00 e. The van der Waals surface area contributed by atoms with E-state index in [1.54, 1.807) is 30.2 Å². The number of ether oxygens (including phenoxy) is 1. The second-order valence-corrected chi connectivity index (χ2v) is 9.79. The zero-order valence-electron chi connectivity index (χ0n) is 15.4. The summed E-state index contributed by atoms with van der Waals surface area (Å²) in [4.78, 5) is 3.95. The van der Waals surface area contributed by atoms with Crippen LogP contribution in [0.4, 0.5) is 5.69 Å². The molecule has 0 atom stereocenters. The first-order valence-corrected chi connectivity index (χ1v) is 11.7. The van der Waals surface area contributed by atoms with E-state index in [0.29, 0.717) is 6.54 Å². The molecule has 140 valence electrons. The van der Waals surface area contributed by atoms with Crippen LogP contribution in [0.25, 0.3) is 10.1 Å². The van der Waals surface area contributed by atoms with Crippen molar-refractivity contribution < 1.29 is 47.3 Å². The van der Waals surface area contributed by atoms with Crippen LogP contribution in [0.2, 0.25) is 0 Å². The number of nitrogens with zero attached hydrogens (tertiary/aromatic N) is 1. The molecule has 0 amide bonds. The van der Waals surface area contributed by atoms with E-state index in [4.69, 9.17) is 17.0 Å². The summed E-state index contributed by atoms with van der Waals surface area (Å²) < 4.78 is 39.5. The van der Waals surface area contributed by atoms with Crippen molar-refractivity contribution in [2.24, 2.45) is 0 Å². The van der Waals surface area contributed by atoms with Crippen molar-refractivity contribution >= 4 is 66.1 Å². The van der Waals surface area contributed by atoms with Crippen LogP contribution in [0.15, 0.2) is 33.5 Å². The third kappa shape index (κ3) is 5.27. The summed E-state index contributed by atoms with van der Waals surface area (Å²) in [6.45, 7) is 2.44. The van der Waals surface area contributed by atoms with Crippen molar-refractivity contribution in [2.45, 2.75) is 24.7 Å². The van der Waals surface area contributed by atoms with Gasteiger partial charge in [0.15, 0.2) is 0 Å². The van der Waals surface area contributed by atoms with Crippen LogP contribution in [-0.2, 0) is 10.1 Å². The fourth-order valence-electron chi connectivity index (χ4n) is 2.81. The molecule has 27 heavy (non-hydrogen) atoms. The van der Waals surface area contributed by atoms with Crippen molar-refractivity contribution in [3.05, 3.63) is 28.6 Å². The number of thiophene rings is 1. The molecule has 0 N–H and O–H groups in total. The Labute approximate surface area is 195 Å². The van der Waals surface area contributed by atoms with Gasteiger partial charge in [0.25, 0.3) is 0 Å². The third-order valence-corrected chi connectivity index (χ3v) is 7.22. The smallest absolute Gasteiger partial charge is 0.748 e. The predicted molar refractivity (Wildman–Crippen MR) is 112 cm³/mol. The first-order chi connectivity index (χ1) is 12.3. The maximum atomic E-state index is 11.0. The van der Waals surface area contributed by atoms with Gasteiger partial charge in [0.1, 0.15) is 5.75 Å². The molecule has 0 aliphatic carbocycles. The minimum absolute atomic E-state index is 0. The van der Waals surface area contributed by atoms with Gasteiger partial charge in [-0.25, -0.2) is 8.42 Å². The summed E-state index contributed by atoms with van der Waals surface area (Å²) in [5, 5.41) is 3.99. The summed E-state index contributed by atoms with van der Waals surface area (Å²) in [5.74, 6) is 0.438. The molecule has 2 aromatic rings. The van der Waals surface area contributed by atoms with Gasteiger partial charge in [0, 0.05) is 27.4 Å². The maximum absolute atomic E-state index is 11.0. The van der Waals surface area contributed by atoms with Crippen LogP contribution in [0.1, 0.15) is 19.8 Å². The van der Waals surface area contributed by atoms with Crippen molar-refractivity contribution in [1.82, 2.24) is 0 Å². The molecule has 0 bridgehead atoms. The molecule has 1 aromatic carbocycles. The second-order valence-electron chi connectivity index (χ2n) is 5.76. The van der Waals surface area contributed by atoms with E-state index in [0.717, 1.165) is 42.7 Å². The van der Waals surface area contributed by atoms with Gasteiger partial charge in [-0.3, -0.25) is 0 Å². The molecule has 2 heterocycles. The first kappa shape index (κ1) is 23.2. The number of hydrogen-bond acceptors (Lipinski definition) is 8. The van der Waals surface area contributed by atoms with Crippen molar-refractivity contribution in [3.8, 4) is 5.75 Å². The zero-order valence-corrected chi connectivity index (χ0v) is 20.6. The zero-order chi connectivity index (χ0) is 18.9. The Morgan fingerprint density at radius 1 is 1.44 bits per heavy atom. The maximum Gasteiger partial charge on any atom is 1.00 e. The molecule has 5 nitrogen and oxygen atoms in total. The summed E-state index contributed by atoms with van der Waals surface area (Å²) in [6.07, 6.45) is 2.98. The quantitative estimate of drug-likeness (QED) is 0.273. The van der Waals surface area contributed by atoms with Crippen LogP contribution in [0.3, 0.4) is 0 Å². The second kappa shape index (κ2) is 9.58. The predicted octanol–water partition coefficient (Wildman–Crippen LogP) is 1.38.